The van der Waals surface area contributed by atoms with Crippen LogP contribution in [0.1, 0.15) is 16.1 Å². The number of carbonyl (C=O) groups is 1. The van der Waals surface area contributed by atoms with E-state index in [-0.39, 0.29) is 21.9 Å². The molecule has 2 aromatic carbocycles. The third-order valence-electron chi connectivity index (χ3n) is 5.09. The molecule has 1 amide bonds. The van der Waals surface area contributed by atoms with Crippen molar-refractivity contribution < 1.29 is 9.18 Å². The van der Waals surface area contributed by atoms with Gasteiger partial charge in [0.05, 0.1) is 21.8 Å². The summed E-state index contributed by atoms with van der Waals surface area (Å²) >= 11 is 11.9. The van der Waals surface area contributed by atoms with Crippen molar-refractivity contribution in [1.29, 1.82) is 0 Å². The Bertz CT molecular complexity index is 1630. The van der Waals surface area contributed by atoms with Gasteiger partial charge in [-0.3, -0.25) is 15.0 Å². The molecule has 5 aromatic rings. The van der Waals surface area contributed by atoms with Crippen molar-refractivity contribution in [3.05, 3.63) is 92.2 Å². The standard InChI is InChI=1S/C22H13Cl2FN6O2/c1-11-18(12-2-5-14(25)6-3-12)20-27-26-19-17(31(20)28-11)8-9-30(22(19)33)29-21(32)15-7-4-13(23)10-16(15)24/h2-10H,1H3,(H,29,32). The maximum Gasteiger partial charge on any atom is 0.299 e. The first-order chi connectivity index (χ1) is 15.8. The summed E-state index contributed by atoms with van der Waals surface area (Å²) in [5.74, 6) is -0.951. The molecule has 0 radical (unpaired) electrons. The van der Waals surface area contributed by atoms with Gasteiger partial charge in [0.15, 0.2) is 11.2 Å². The van der Waals surface area contributed by atoms with Crippen LogP contribution in [0.3, 0.4) is 0 Å². The van der Waals surface area contributed by atoms with E-state index in [4.69, 9.17) is 23.2 Å². The molecule has 33 heavy (non-hydrogen) atoms. The first-order valence-electron chi connectivity index (χ1n) is 9.63. The van der Waals surface area contributed by atoms with Gasteiger partial charge in [-0.15, -0.1) is 10.2 Å². The zero-order valence-corrected chi connectivity index (χ0v) is 18.4. The molecular weight excluding hydrogens is 470 g/mol. The largest absolute Gasteiger partial charge is 0.299 e. The minimum Gasteiger partial charge on any atom is -0.267 e. The van der Waals surface area contributed by atoms with E-state index in [2.05, 4.69) is 20.7 Å². The van der Waals surface area contributed by atoms with Crippen molar-refractivity contribution in [2.75, 3.05) is 5.43 Å². The van der Waals surface area contributed by atoms with E-state index >= 15 is 0 Å². The van der Waals surface area contributed by atoms with Gasteiger partial charge in [-0.1, -0.05) is 35.3 Å². The molecule has 3 heterocycles. The first kappa shape index (κ1) is 21.0. The van der Waals surface area contributed by atoms with E-state index in [1.165, 1.54) is 41.0 Å². The number of hydrogen-bond donors (Lipinski definition) is 1. The van der Waals surface area contributed by atoms with E-state index in [0.29, 0.717) is 27.4 Å². The van der Waals surface area contributed by atoms with Crippen LogP contribution in [0, 0.1) is 12.7 Å². The van der Waals surface area contributed by atoms with Crippen molar-refractivity contribution in [2.45, 2.75) is 6.92 Å². The van der Waals surface area contributed by atoms with Gasteiger partial charge in [-0.2, -0.15) is 5.10 Å². The molecule has 8 nitrogen and oxygen atoms in total. The number of nitrogens with one attached hydrogen (secondary N) is 1. The number of fused-ring (bicyclic) bond motifs is 3. The average Bonchev–Trinajstić information content (AvgIpc) is 3.12. The Hall–Kier alpha value is -3.82. The molecular formula is C22H13Cl2FN6O2. The molecule has 0 aliphatic carbocycles. The van der Waals surface area contributed by atoms with Gasteiger partial charge >= 0.3 is 0 Å². The molecule has 0 bridgehead atoms. The monoisotopic (exact) mass is 482 g/mol. The normalized spacial score (nSPS) is 11.3. The zero-order valence-electron chi connectivity index (χ0n) is 16.9. The van der Waals surface area contributed by atoms with E-state index in [1.807, 2.05) is 0 Å². The number of nitrogens with zero attached hydrogens (tertiary/aromatic N) is 5. The Morgan fingerprint density at radius 1 is 1.06 bits per heavy atom. The number of pyridine rings is 1. The summed E-state index contributed by atoms with van der Waals surface area (Å²) in [7, 11) is 0. The molecule has 0 aliphatic heterocycles. The Labute approximate surface area is 195 Å². The fraction of sp³-hybridized carbons (Fsp3) is 0.0455. The summed E-state index contributed by atoms with van der Waals surface area (Å²) in [5.41, 5.74) is 4.89. The fourth-order valence-corrected chi connectivity index (χ4v) is 4.03. The van der Waals surface area contributed by atoms with Gasteiger partial charge in [0.2, 0.25) is 0 Å². The van der Waals surface area contributed by atoms with Crippen LogP contribution in [-0.4, -0.2) is 30.4 Å². The summed E-state index contributed by atoms with van der Waals surface area (Å²) in [4.78, 5) is 25.6. The van der Waals surface area contributed by atoms with Crippen molar-refractivity contribution in [1.82, 2.24) is 24.5 Å². The van der Waals surface area contributed by atoms with Crippen LogP contribution in [0.25, 0.3) is 27.8 Å². The molecule has 1 N–H and O–H groups in total. The Balaban J connectivity index is 1.59. The van der Waals surface area contributed by atoms with Crippen LogP contribution in [0.2, 0.25) is 10.0 Å². The summed E-state index contributed by atoms with van der Waals surface area (Å²) in [6, 6.07) is 11.9. The van der Waals surface area contributed by atoms with Crippen LogP contribution in [0.5, 0.6) is 0 Å². The molecule has 0 spiro atoms. The number of rotatable bonds is 3. The second kappa shape index (κ2) is 7.95. The first-order valence-corrected chi connectivity index (χ1v) is 10.4. The number of carbonyl (C=O) groups excluding carboxylic acids is 1. The molecule has 164 valence electrons. The van der Waals surface area contributed by atoms with Crippen molar-refractivity contribution >= 4 is 45.8 Å². The molecule has 0 saturated heterocycles. The number of halogens is 3. The average molecular weight is 483 g/mol. The van der Waals surface area contributed by atoms with E-state index < -0.39 is 11.5 Å². The Morgan fingerprint density at radius 3 is 2.55 bits per heavy atom. The zero-order chi connectivity index (χ0) is 23.3. The lowest BCUT2D eigenvalue weighted by molar-refractivity contribution is 0.101. The van der Waals surface area contributed by atoms with Crippen molar-refractivity contribution in [3.8, 4) is 11.1 Å². The molecule has 0 fully saturated rings. The molecule has 11 heteroatoms. The number of amides is 1. The van der Waals surface area contributed by atoms with Crippen LogP contribution < -0.4 is 11.0 Å². The maximum atomic E-state index is 13.3. The highest BCUT2D eigenvalue weighted by Crippen LogP contribution is 2.28. The highest BCUT2D eigenvalue weighted by atomic mass is 35.5. The minimum atomic E-state index is -0.600. The highest BCUT2D eigenvalue weighted by molar-refractivity contribution is 6.37. The summed E-state index contributed by atoms with van der Waals surface area (Å²) in [6.45, 7) is 1.79. The third-order valence-corrected chi connectivity index (χ3v) is 5.63. The quantitative estimate of drug-likeness (QED) is 0.414. The van der Waals surface area contributed by atoms with Gasteiger partial charge in [-0.25, -0.2) is 13.6 Å². The van der Waals surface area contributed by atoms with Crippen LogP contribution in [-0.2, 0) is 0 Å². The number of aryl methyl sites for hydroxylation is 1. The van der Waals surface area contributed by atoms with Gasteiger partial charge in [-0.05, 0) is 48.9 Å². The summed E-state index contributed by atoms with van der Waals surface area (Å²) in [5, 5.41) is 13.3. The molecule has 0 atom stereocenters. The Kier molecular flexibility index (Phi) is 5.07. The van der Waals surface area contributed by atoms with Gasteiger partial charge in [0.1, 0.15) is 11.3 Å². The third kappa shape index (κ3) is 3.61. The molecule has 3 aromatic heterocycles. The van der Waals surface area contributed by atoms with Gasteiger partial charge in [0.25, 0.3) is 11.5 Å². The van der Waals surface area contributed by atoms with Crippen molar-refractivity contribution in [3.63, 3.8) is 0 Å². The minimum absolute atomic E-state index is 0.000610. The van der Waals surface area contributed by atoms with E-state index in [0.717, 1.165) is 10.2 Å². The topological polar surface area (TPSA) is 94.2 Å². The summed E-state index contributed by atoms with van der Waals surface area (Å²) < 4.78 is 15.8. The predicted molar refractivity (Wildman–Crippen MR) is 123 cm³/mol. The lowest BCUT2D eigenvalue weighted by Crippen LogP contribution is -2.33. The van der Waals surface area contributed by atoms with Gasteiger partial charge < -0.3 is 0 Å². The van der Waals surface area contributed by atoms with E-state index in [1.54, 1.807) is 25.1 Å². The van der Waals surface area contributed by atoms with Gasteiger partial charge in [0, 0.05) is 11.2 Å². The van der Waals surface area contributed by atoms with E-state index in [9.17, 15) is 14.0 Å². The second-order valence-electron chi connectivity index (χ2n) is 7.19. The molecule has 0 aliphatic rings. The van der Waals surface area contributed by atoms with Crippen molar-refractivity contribution in [2.24, 2.45) is 0 Å². The molecule has 5 rings (SSSR count). The maximum absolute atomic E-state index is 13.3. The van der Waals surface area contributed by atoms with Crippen LogP contribution in [0.15, 0.2) is 59.5 Å². The fourth-order valence-electron chi connectivity index (χ4n) is 3.54. The van der Waals surface area contributed by atoms with Crippen LogP contribution >= 0.6 is 23.2 Å². The van der Waals surface area contributed by atoms with Crippen LogP contribution in [0.4, 0.5) is 4.39 Å². The Morgan fingerprint density at radius 2 is 1.82 bits per heavy atom. The highest BCUT2D eigenvalue weighted by Gasteiger charge is 2.18. The second-order valence-corrected chi connectivity index (χ2v) is 8.04. The molecule has 0 saturated carbocycles. The SMILES string of the molecule is Cc1nn2c(nnc3c(=O)n(NC(=O)c4ccc(Cl)cc4Cl)ccc32)c1-c1ccc(F)cc1. The smallest absolute Gasteiger partial charge is 0.267 e. The number of benzene rings is 2. The molecule has 0 unspecified atom stereocenters. The lowest BCUT2D eigenvalue weighted by Gasteiger charge is -2.10. The predicted octanol–water partition coefficient (Wildman–Crippen LogP) is 4.24. The lowest BCUT2D eigenvalue weighted by atomic mass is 10.1. The summed E-state index contributed by atoms with van der Waals surface area (Å²) in [6.07, 6.45) is 1.39. The number of aromatic nitrogens is 5. The number of hydrogen-bond acceptors (Lipinski definition) is 5.